The zero-order valence-electron chi connectivity index (χ0n) is 15.3. The molecule has 0 spiro atoms. The third-order valence-electron chi connectivity index (χ3n) is 3.94. The molecule has 0 aliphatic rings. The van der Waals surface area contributed by atoms with E-state index in [0.717, 1.165) is 11.3 Å². The lowest BCUT2D eigenvalue weighted by atomic mass is 10.1. The molecule has 0 saturated heterocycles. The van der Waals surface area contributed by atoms with Crippen LogP contribution in [0.4, 0.5) is 5.69 Å². The van der Waals surface area contributed by atoms with E-state index >= 15 is 0 Å². The highest BCUT2D eigenvalue weighted by Gasteiger charge is 2.15. The maximum absolute atomic E-state index is 12.1. The number of para-hydroxylation sites is 2. The van der Waals surface area contributed by atoms with Gasteiger partial charge in [0.2, 0.25) is 11.8 Å². The van der Waals surface area contributed by atoms with Crippen molar-refractivity contribution in [3.8, 4) is 11.5 Å². The van der Waals surface area contributed by atoms with Gasteiger partial charge in [0.25, 0.3) is 0 Å². The molecule has 2 aromatic carbocycles. The minimum absolute atomic E-state index is 0.0984. The quantitative estimate of drug-likeness (QED) is 0.789. The van der Waals surface area contributed by atoms with Crippen molar-refractivity contribution in [3.63, 3.8) is 0 Å². The van der Waals surface area contributed by atoms with Crippen LogP contribution in [0.15, 0.2) is 48.5 Å². The van der Waals surface area contributed by atoms with Gasteiger partial charge in [0.1, 0.15) is 11.5 Å². The van der Waals surface area contributed by atoms with E-state index in [4.69, 9.17) is 9.47 Å². The number of amides is 2. The van der Waals surface area contributed by atoms with Crippen molar-refractivity contribution < 1.29 is 19.1 Å². The maximum atomic E-state index is 12.1. The predicted octanol–water partition coefficient (Wildman–Crippen LogP) is 2.42. The average molecular weight is 356 g/mol. The van der Waals surface area contributed by atoms with Crippen LogP contribution in [0.3, 0.4) is 0 Å². The second-order valence-corrected chi connectivity index (χ2v) is 5.72. The van der Waals surface area contributed by atoms with Crippen LogP contribution in [0.5, 0.6) is 11.5 Å². The summed E-state index contributed by atoms with van der Waals surface area (Å²) < 4.78 is 10.4. The number of nitrogens with zero attached hydrogens (tertiary/aromatic N) is 1. The number of carbonyl (C=O) groups excluding carboxylic acids is 2. The second kappa shape index (κ2) is 9.46. The van der Waals surface area contributed by atoms with Crippen LogP contribution < -0.4 is 19.7 Å². The molecule has 6 nitrogen and oxygen atoms in total. The number of ether oxygens (including phenoxy) is 2. The Hall–Kier alpha value is -3.02. The van der Waals surface area contributed by atoms with Gasteiger partial charge in [-0.3, -0.25) is 9.59 Å². The Morgan fingerprint density at radius 2 is 1.69 bits per heavy atom. The molecule has 2 aromatic rings. The molecule has 0 aromatic heterocycles. The first kappa shape index (κ1) is 19.3. The Labute approximate surface area is 153 Å². The second-order valence-electron chi connectivity index (χ2n) is 5.72. The summed E-state index contributed by atoms with van der Waals surface area (Å²) in [6.45, 7) is 2.21. The monoisotopic (exact) mass is 356 g/mol. The topological polar surface area (TPSA) is 67.9 Å². The zero-order valence-corrected chi connectivity index (χ0v) is 15.3. The molecule has 1 N–H and O–H groups in total. The SMILES string of the molecule is COc1ccc(CC(=O)NCCN(C(C)=O)c2ccccc2OC)cc1. The Balaban J connectivity index is 1.91. The fraction of sp³-hybridized carbons (Fsp3) is 0.300. The van der Waals surface area contributed by atoms with Crippen LogP contribution >= 0.6 is 0 Å². The van der Waals surface area contributed by atoms with Gasteiger partial charge in [0.05, 0.1) is 26.3 Å². The largest absolute Gasteiger partial charge is 0.497 e. The Morgan fingerprint density at radius 1 is 1.00 bits per heavy atom. The van der Waals surface area contributed by atoms with Crippen molar-refractivity contribution in [2.45, 2.75) is 13.3 Å². The number of benzene rings is 2. The predicted molar refractivity (Wildman–Crippen MR) is 101 cm³/mol. The van der Waals surface area contributed by atoms with E-state index in [-0.39, 0.29) is 18.2 Å². The molecule has 0 heterocycles. The van der Waals surface area contributed by atoms with E-state index in [1.807, 2.05) is 42.5 Å². The van der Waals surface area contributed by atoms with Crippen LogP contribution in [-0.4, -0.2) is 39.1 Å². The number of anilines is 1. The van der Waals surface area contributed by atoms with Gasteiger partial charge < -0.3 is 19.7 Å². The number of hydrogen-bond donors (Lipinski definition) is 1. The summed E-state index contributed by atoms with van der Waals surface area (Å²) in [5.41, 5.74) is 1.59. The fourth-order valence-corrected chi connectivity index (χ4v) is 2.60. The molecule has 26 heavy (non-hydrogen) atoms. The Bertz CT molecular complexity index is 744. The number of carbonyl (C=O) groups is 2. The number of hydrogen-bond acceptors (Lipinski definition) is 4. The number of nitrogens with one attached hydrogen (secondary N) is 1. The van der Waals surface area contributed by atoms with Crippen LogP contribution in [0.2, 0.25) is 0 Å². The molecular formula is C20H24N2O4. The lowest BCUT2D eigenvalue weighted by molar-refractivity contribution is -0.121. The molecule has 0 fully saturated rings. The van der Waals surface area contributed by atoms with Gasteiger partial charge in [0, 0.05) is 20.0 Å². The Kier molecular flexibility index (Phi) is 7.02. The van der Waals surface area contributed by atoms with Crippen LogP contribution in [0.25, 0.3) is 0 Å². The van der Waals surface area contributed by atoms with Gasteiger partial charge in [-0.15, -0.1) is 0 Å². The first-order chi connectivity index (χ1) is 12.5. The van der Waals surface area contributed by atoms with Crippen LogP contribution in [0, 0.1) is 0 Å². The molecule has 0 radical (unpaired) electrons. The van der Waals surface area contributed by atoms with Crippen molar-refractivity contribution in [2.24, 2.45) is 0 Å². The minimum atomic E-state index is -0.112. The molecule has 0 saturated carbocycles. The lowest BCUT2D eigenvalue weighted by Gasteiger charge is -2.23. The molecule has 138 valence electrons. The van der Waals surface area contributed by atoms with Gasteiger partial charge in [-0.2, -0.15) is 0 Å². The van der Waals surface area contributed by atoms with Crippen molar-refractivity contribution in [3.05, 3.63) is 54.1 Å². The first-order valence-corrected chi connectivity index (χ1v) is 8.36. The molecule has 6 heteroatoms. The van der Waals surface area contributed by atoms with E-state index in [0.29, 0.717) is 24.5 Å². The smallest absolute Gasteiger partial charge is 0.224 e. The van der Waals surface area contributed by atoms with Crippen LogP contribution in [0.1, 0.15) is 12.5 Å². The maximum Gasteiger partial charge on any atom is 0.224 e. The van der Waals surface area contributed by atoms with Crippen molar-refractivity contribution in [2.75, 3.05) is 32.2 Å². The molecule has 0 bridgehead atoms. The van der Waals surface area contributed by atoms with Gasteiger partial charge >= 0.3 is 0 Å². The molecule has 0 atom stereocenters. The van der Waals surface area contributed by atoms with E-state index in [1.54, 1.807) is 25.2 Å². The van der Waals surface area contributed by atoms with Crippen molar-refractivity contribution in [1.29, 1.82) is 0 Å². The summed E-state index contributed by atoms with van der Waals surface area (Å²) in [6, 6.07) is 14.7. The molecule has 0 unspecified atom stereocenters. The van der Waals surface area contributed by atoms with Crippen molar-refractivity contribution in [1.82, 2.24) is 5.32 Å². The molecular weight excluding hydrogens is 332 g/mol. The van der Waals surface area contributed by atoms with Gasteiger partial charge in [-0.25, -0.2) is 0 Å². The summed E-state index contributed by atoms with van der Waals surface area (Å²) in [4.78, 5) is 25.7. The molecule has 2 amide bonds. The third kappa shape index (κ3) is 5.24. The van der Waals surface area contributed by atoms with Gasteiger partial charge in [-0.05, 0) is 29.8 Å². The normalized spacial score (nSPS) is 10.1. The summed E-state index contributed by atoms with van der Waals surface area (Å²) in [5.74, 6) is 1.16. The van der Waals surface area contributed by atoms with E-state index in [2.05, 4.69) is 5.32 Å². The fourth-order valence-electron chi connectivity index (χ4n) is 2.60. The lowest BCUT2D eigenvalue weighted by Crippen LogP contribution is -2.38. The summed E-state index contributed by atoms with van der Waals surface area (Å²) in [6.07, 6.45) is 0.277. The zero-order chi connectivity index (χ0) is 18.9. The highest BCUT2D eigenvalue weighted by Crippen LogP contribution is 2.27. The number of methoxy groups -OCH3 is 2. The summed E-state index contributed by atoms with van der Waals surface area (Å²) >= 11 is 0. The van der Waals surface area contributed by atoms with Crippen molar-refractivity contribution >= 4 is 17.5 Å². The standard InChI is InChI=1S/C20H24N2O4/c1-15(23)22(18-6-4-5-7-19(18)26-3)13-12-21-20(24)14-16-8-10-17(25-2)11-9-16/h4-11H,12-14H2,1-3H3,(H,21,24). The Morgan fingerprint density at radius 3 is 2.31 bits per heavy atom. The van der Waals surface area contributed by atoms with Gasteiger partial charge in [-0.1, -0.05) is 24.3 Å². The molecule has 2 rings (SSSR count). The van der Waals surface area contributed by atoms with Gasteiger partial charge in [0.15, 0.2) is 0 Å². The average Bonchev–Trinajstić information content (AvgIpc) is 2.65. The number of rotatable bonds is 8. The van der Waals surface area contributed by atoms with E-state index in [9.17, 15) is 9.59 Å². The summed E-state index contributed by atoms with van der Waals surface area (Å²) in [7, 11) is 3.16. The molecule has 0 aliphatic heterocycles. The first-order valence-electron chi connectivity index (χ1n) is 8.36. The van der Waals surface area contributed by atoms with E-state index < -0.39 is 0 Å². The molecule has 0 aliphatic carbocycles. The van der Waals surface area contributed by atoms with Crippen LogP contribution in [-0.2, 0) is 16.0 Å². The highest BCUT2D eigenvalue weighted by molar-refractivity contribution is 5.93. The highest BCUT2D eigenvalue weighted by atomic mass is 16.5. The third-order valence-corrected chi connectivity index (χ3v) is 3.94. The van der Waals surface area contributed by atoms with E-state index in [1.165, 1.54) is 6.92 Å². The summed E-state index contributed by atoms with van der Waals surface area (Å²) in [5, 5.41) is 2.85. The minimum Gasteiger partial charge on any atom is -0.497 e.